The Hall–Kier alpha value is -1.73. The van der Waals surface area contributed by atoms with Crippen molar-refractivity contribution in [3.63, 3.8) is 0 Å². The molecule has 2 rings (SSSR count). The molecular formula is C10H11ClN4O3. The van der Waals surface area contributed by atoms with Crippen LogP contribution in [0.2, 0.25) is 5.15 Å². The fourth-order valence-corrected chi connectivity index (χ4v) is 1.81. The number of carbonyl (C=O) groups is 2. The summed E-state index contributed by atoms with van der Waals surface area (Å²) in [5.74, 6) is -1.15. The van der Waals surface area contributed by atoms with Crippen LogP contribution in [0.25, 0.3) is 0 Å². The Morgan fingerprint density at radius 1 is 1.50 bits per heavy atom. The molecule has 2 N–H and O–H groups in total. The highest BCUT2D eigenvalue weighted by Crippen LogP contribution is 2.17. The highest BCUT2D eigenvalue weighted by atomic mass is 35.5. The topological polar surface area (TPSA) is 98.4 Å². The van der Waals surface area contributed by atoms with Crippen LogP contribution < -0.4 is 10.6 Å². The highest BCUT2D eigenvalue weighted by Gasteiger charge is 2.30. The first-order valence-electron chi connectivity index (χ1n) is 5.25. The van der Waals surface area contributed by atoms with Crippen LogP contribution >= 0.6 is 11.6 Å². The Labute approximate surface area is 108 Å². The summed E-state index contributed by atoms with van der Waals surface area (Å²) in [5, 5.41) is 0.310. The summed E-state index contributed by atoms with van der Waals surface area (Å²) in [5.41, 5.74) is 4.94. The van der Waals surface area contributed by atoms with Gasteiger partial charge in [-0.25, -0.2) is 9.97 Å². The average Bonchev–Trinajstić information content (AvgIpc) is 2.38. The molecule has 0 spiro atoms. The molecule has 0 aliphatic carbocycles. The maximum atomic E-state index is 11.5. The lowest BCUT2D eigenvalue weighted by Crippen LogP contribution is -2.49. The van der Waals surface area contributed by atoms with E-state index in [0.29, 0.717) is 24.1 Å². The van der Waals surface area contributed by atoms with E-state index in [0.717, 1.165) is 0 Å². The van der Waals surface area contributed by atoms with E-state index >= 15 is 0 Å². The number of ether oxygens (including phenoxy) is 1. The summed E-state index contributed by atoms with van der Waals surface area (Å²) in [4.78, 5) is 31.9. The molecule has 1 saturated heterocycles. The Morgan fingerprint density at radius 2 is 2.28 bits per heavy atom. The lowest BCUT2D eigenvalue weighted by molar-refractivity contribution is -0.143. The smallest absolute Gasteiger partial charge is 0.287 e. The van der Waals surface area contributed by atoms with Crippen LogP contribution in [0, 0.1) is 0 Å². The Morgan fingerprint density at radius 3 is 2.94 bits per heavy atom. The lowest BCUT2D eigenvalue weighted by atomic mass is 10.2. The number of anilines is 1. The third kappa shape index (κ3) is 2.74. The number of nitrogens with zero attached hydrogens (tertiary/aromatic N) is 3. The monoisotopic (exact) mass is 270 g/mol. The minimum Gasteiger partial charge on any atom is -0.366 e. The van der Waals surface area contributed by atoms with Gasteiger partial charge in [-0.3, -0.25) is 9.59 Å². The van der Waals surface area contributed by atoms with Crippen molar-refractivity contribution in [3.8, 4) is 0 Å². The number of halogens is 1. The van der Waals surface area contributed by atoms with E-state index in [1.807, 2.05) is 0 Å². The first kappa shape index (κ1) is 12.7. The van der Waals surface area contributed by atoms with E-state index in [2.05, 4.69) is 9.97 Å². The molecule has 1 fully saturated rings. The number of morpholine rings is 1. The third-order valence-corrected chi connectivity index (χ3v) is 2.75. The van der Waals surface area contributed by atoms with E-state index in [9.17, 15) is 9.59 Å². The zero-order valence-corrected chi connectivity index (χ0v) is 10.1. The molecule has 0 aromatic carbocycles. The van der Waals surface area contributed by atoms with Crippen LogP contribution in [0.3, 0.4) is 0 Å². The van der Waals surface area contributed by atoms with Gasteiger partial charge in [0.1, 0.15) is 23.4 Å². The van der Waals surface area contributed by atoms with Gasteiger partial charge in [0.25, 0.3) is 5.91 Å². The van der Waals surface area contributed by atoms with Gasteiger partial charge in [0.15, 0.2) is 0 Å². The minimum absolute atomic E-state index is 0.217. The van der Waals surface area contributed by atoms with Gasteiger partial charge in [-0.2, -0.15) is 0 Å². The van der Waals surface area contributed by atoms with E-state index < -0.39 is 17.8 Å². The summed E-state index contributed by atoms with van der Waals surface area (Å²) < 4.78 is 5.21. The van der Waals surface area contributed by atoms with Crippen molar-refractivity contribution in [2.24, 2.45) is 5.73 Å². The van der Waals surface area contributed by atoms with Crippen LogP contribution in [0.1, 0.15) is 0 Å². The van der Waals surface area contributed by atoms with Crippen LogP contribution in [0.4, 0.5) is 5.82 Å². The molecule has 8 heteroatoms. The number of amides is 1. The number of hydrogen-bond acceptors (Lipinski definition) is 6. The predicted molar refractivity (Wildman–Crippen MR) is 63.2 cm³/mol. The second-order valence-electron chi connectivity index (χ2n) is 3.73. The molecule has 1 amide bonds. The molecule has 2 heterocycles. The number of Topliss-reactive ketones (excluding diaryl/α,β-unsaturated/α-hetero) is 1. The molecule has 1 aromatic heterocycles. The van der Waals surface area contributed by atoms with Gasteiger partial charge >= 0.3 is 0 Å². The first-order chi connectivity index (χ1) is 8.58. The second-order valence-corrected chi connectivity index (χ2v) is 4.12. The van der Waals surface area contributed by atoms with Crippen LogP contribution in [0.5, 0.6) is 0 Å². The van der Waals surface area contributed by atoms with Crippen molar-refractivity contribution < 1.29 is 14.3 Å². The molecule has 96 valence electrons. The number of rotatable bonds is 3. The molecule has 0 bridgehead atoms. The number of carbonyl (C=O) groups excluding carboxylic acids is 2. The van der Waals surface area contributed by atoms with Gasteiger partial charge in [0.2, 0.25) is 5.78 Å². The predicted octanol–water partition coefficient (Wildman–Crippen LogP) is -0.610. The summed E-state index contributed by atoms with van der Waals surface area (Å²) in [6.45, 7) is 1.08. The summed E-state index contributed by atoms with van der Waals surface area (Å²) in [6.07, 6.45) is 0.475. The Kier molecular flexibility index (Phi) is 3.73. The minimum atomic E-state index is -0.998. The average molecular weight is 271 g/mol. The molecule has 0 radical (unpaired) electrons. The van der Waals surface area contributed by atoms with Gasteiger partial charge in [-0.05, 0) is 0 Å². The maximum absolute atomic E-state index is 11.5. The fourth-order valence-electron chi connectivity index (χ4n) is 1.67. The van der Waals surface area contributed by atoms with Crippen molar-refractivity contribution in [1.29, 1.82) is 0 Å². The normalized spacial score (nSPS) is 19.6. The van der Waals surface area contributed by atoms with Crippen molar-refractivity contribution in [3.05, 3.63) is 17.5 Å². The van der Waals surface area contributed by atoms with Gasteiger partial charge < -0.3 is 15.4 Å². The van der Waals surface area contributed by atoms with Crippen LogP contribution in [0.15, 0.2) is 12.4 Å². The lowest BCUT2D eigenvalue weighted by Gasteiger charge is -2.32. The van der Waals surface area contributed by atoms with Crippen molar-refractivity contribution >= 4 is 29.1 Å². The van der Waals surface area contributed by atoms with E-state index in [1.165, 1.54) is 6.33 Å². The third-order valence-electron chi connectivity index (χ3n) is 2.55. The molecule has 1 aromatic rings. The SMILES string of the molecule is NC(=O)C(=O)[C@@H]1CN(c2cc(Cl)ncn2)CCO1. The number of hydrogen-bond donors (Lipinski definition) is 1. The molecule has 1 atom stereocenters. The fraction of sp³-hybridized carbons (Fsp3) is 0.400. The van der Waals surface area contributed by atoms with Crippen molar-refractivity contribution in [2.75, 3.05) is 24.6 Å². The standard InChI is InChI=1S/C10H11ClN4O3/c11-7-3-8(14-5-13-7)15-1-2-18-6(4-15)9(16)10(12)17/h3,5-6H,1-2,4H2,(H2,12,17)/t6-/m0/s1. The molecule has 1 aliphatic rings. The van der Waals surface area contributed by atoms with Crippen LogP contribution in [-0.4, -0.2) is 47.5 Å². The Bertz CT molecular complexity index is 482. The van der Waals surface area contributed by atoms with Crippen molar-refractivity contribution in [2.45, 2.75) is 6.10 Å². The number of nitrogens with two attached hydrogens (primary N) is 1. The largest absolute Gasteiger partial charge is 0.366 e. The summed E-state index contributed by atoms with van der Waals surface area (Å²) in [6, 6.07) is 1.58. The molecule has 7 nitrogen and oxygen atoms in total. The first-order valence-corrected chi connectivity index (χ1v) is 5.63. The number of ketones is 1. The van der Waals surface area contributed by atoms with Gasteiger partial charge in [-0.1, -0.05) is 11.6 Å². The molecule has 1 aliphatic heterocycles. The second kappa shape index (κ2) is 5.28. The van der Waals surface area contributed by atoms with Crippen molar-refractivity contribution in [1.82, 2.24) is 9.97 Å². The van der Waals surface area contributed by atoms with E-state index in [4.69, 9.17) is 22.1 Å². The molecule has 18 heavy (non-hydrogen) atoms. The molecular weight excluding hydrogens is 260 g/mol. The number of aromatic nitrogens is 2. The zero-order valence-electron chi connectivity index (χ0n) is 9.38. The van der Waals surface area contributed by atoms with Gasteiger partial charge in [0, 0.05) is 12.6 Å². The molecule has 0 saturated carbocycles. The summed E-state index contributed by atoms with van der Waals surface area (Å²) in [7, 11) is 0. The van der Waals surface area contributed by atoms with E-state index in [-0.39, 0.29) is 6.54 Å². The maximum Gasteiger partial charge on any atom is 0.287 e. The van der Waals surface area contributed by atoms with Crippen LogP contribution in [-0.2, 0) is 14.3 Å². The summed E-state index contributed by atoms with van der Waals surface area (Å²) >= 11 is 5.76. The Balaban J connectivity index is 2.11. The number of primary amides is 1. The van der Waals surface area contributed by atoms with Gasteiger partial charge in [0.05, 0.1) is 13.2 Å². The quantitative estimate of drug-likeness (QED) is 0.581. The van der Waals surface area contributed by atoms with Gasteiger partial charge in [-0.15, -0.1) is 0 Å². The molecule has 0 unspecified atom stereocenters. The van der Waals surface area contributed by atoms with E-state index in [1.54, 1.807) is 11.0 Å². The zero-order chi connectivity index (χ0) is 13.1. The highest BCUT2D eigenvalue weighted by molar-refractivity contribution is 6.37.